The van der Waals surface area contributed by atoms with Gasteiger partial charge in [0, 0.05) is 29.8 Å². The number of hydrogen-bond acceptors (Lipinski definition) is 2. The van der Waals surface area contributed by atoms with E-state index in [4.69, 9.17) is 0 Å². The van der Waals surface area contributed by atoms with E-state index in [9.17, 15) is 0 Å². The lowest BCUT2D eigenvalue weighted by Gasteiger charge is -2.17. The van der Waals surface area contributed by atoms with Crippen LogP contribution in [0.25, 0.3) is 23.1 Å². The van der Waals surface area contributed by atoms with Crippen LogP contribution in [0.4, 0.5) is 0 Å². The first-order valence-electron chi connectivity index (χ1n) is 8.21. The Morgan fingerprint density at radius 2 is 1.87 bits per heavy atom. The van der Waals surface area contributed by atoms with Crippen molar-refractivity contribution >= 4 is 23.1 Å². The third kappa shape index (κ3) is 3.69. The van der Waals surface area contributed by atoms with Crippen LogP contribution in [0.3, 0.4) is 0 Å². The molecule has 0 atom stereocenters. The predicted molar refractivity (Wildman–Crippen MR) is 98.1 cm³/mol. The number of para-hydroxylation sites is 1. The fraction of sp³-hybridized carbons (Fsp3) is 0.250. The highest BCUT2D eigenvalue weighted by Crippen LogP contribution is 2.19. The zero-order chi connectivity index (χ0) is 16.1. The van der Waals surface area contributed by atoms with Gasteiger partial charge >= 0.3 is 0 Å². The minimum atomic E-state index is 0.965. The monoisotopic (exact) mass is 305 g/mol. The lowest BCUT2D eigenvalue weighted by atomic mass is 10.1. The molecule has 0 saturated heterocycles. The third-order valence-electron chi connectivity index (χ3n) is 4.20. The van der Waals surface area contributed by atoms with Crippen LogP contribution in [-0.2, 0) is 6.54 Å². The molecule has 3 rings (SSSR count). The number of H-pyrrole nitrogens is 1. The number of fused-ring (bicyclic) bond motifs is 1. The maximum absolute atomic E-state index is 4.56. The minimum Gasteiger partial charge on any atom is -0.361 e. The molecule has 0 saturated carbocycles. The van der Waals surface area contributed by atoms with E-state index in [1.165, 1.54) is 16.5 Å². The van der Waals surface area contributed by atoms with Crippen LogP contribution in [0.2, 0.25) is 0 Å². The second-order valence-corrected chi connectivity index (χ2v) is 5.68. The fourth-order valence-corrected chi connectivity index (χ4v) is 2.74. The summed E-state index contributed by atoms with van der Waals surface area (Å²) in [6.07, 6.45) is 8.20. The molecular weight excluding hydrogens is 282 g/mol. The lowest BCUT2D eigenvalue weighted by Crippen LogP contribution is -2.22. The van der Waals surface area contributed by atoms with Gasteiger partial charge in [-0.25, -0.2) is 0 Å². The molecule has 0 spiro atoms. The Morgan fingerprint density at radius 3 is 2.61 bits per heavy atom. The molecule has 2 aromatic heterocycles. The molecule has 0 aliphatic rings. The molecule has 0 aliphatic carbocycles. The van der Waals surface area contributed by atoms with E-state index in [0.717, 1.165) is 30.8 Å². The Balaban J connectivity index is 1.73. The van der Waals surface area contributed by atoms with Gasteiger partial charge in [-0.3, -0.25) is 9.88 Å². The normalized spacial score (nSPS) is 11.8. The van der Waals surface area contributed by atoms with E-state index >= 15 is 0 Å². The van der Waals surface area contributed by atoms with Crippen LogP contribution in [-0.4, -0.2) is 28.0 Å². The van der Waals surface area contributed by atoms with Gasteiger partial charge in [-0.2, -0.15) is 0 Å². The van der Waals surface area contributed by atoms with E-state index in [-0.39, 0.29) is 0 Å². The van der Waals surface area contributed by atoms with Crippen LogP contribution in [0, 0.1) is 0 Å². The number of nitrogens with one attached hydrogen (secondary N) is 1. The Bertz CT molecular complexity index is 780. The summed E-state index contributed by atoms with van der Waals surface area (Å²) in [7, 11) is 0. The first-order valence-corrected chi connectivity index (χ1v) is 8.21. The van der Waals surface area contributed by atoms with Crippen LogP contribution in [0.15, 0.2) is 48.8 Å². The summed E-state index contributed by atoms with van der Waals surface area (Å²) in [5.41, 5.74) is 4.60. The van der Waals surface area contributed by atoms with Crippen molar-refractivity contribution in [1.29, 1.82) is 0 Å². The second-order valence-electron chi connectivity index (χ2n) is 5.68. The highest BCUT2D eigenvalue weighted by atomic mass is 15.1. The molecule has 3 nitrogen and oxygen atoms in total. The van der Waals surface area contributed by atoms with Crippen molar-refractivity contribution in [2.24, 2.45) is 0 Å². The maximum Gasteiger partial charge on any atom is 0.0630 e. The topological polar surface area (TPSA) is 31.9 Å². The summed E-state index contributed by atoms with van der Waals surface area (Å²) in [6, 6.07) is 12.6. The van der Waals surface area contributed by atoms with Gasteiger partial charge in [0.25, 0.3) is 0 Å². The fourth-order valence-electron chi connectivity index (χ4n) is 2.74. The quantitative estimate of drug-likeness (QED) is 0.723. The Hall–Kier alpha value is -2.39. The number of rotatable bonds is 6. The number of benzene rings is 1. The summed E-state index contributed by atoms with van der Waals surface area (Å²) in [5.74, 6) is 0. The molecule has 2 heterocycles. The second kappa shape index (κ2) is 7.25. The van der Waals surface area contributed by atoms with Crippen LogP contribution in [0.1, 0.15) is 30.7 Å². The van der Waals surface area contributed by atoms with E-state index < -0.39 is 0 Å². The van der Waals surface area contributed by atoms with Gasteiger partial charge in [-0.1, -0.05) is 44.2 Å². The van der Waals surface area contributed by atoms with Crippen molar-refractivity contribution in [3.8, 4) is 0 Å². The molecule has 0 radical (unpaired) electrons. The molecular formula is C20H23N3. The van der Waals surface area contributed by atoms with E-state index in [1.54, 1.807) is 0 Å². The van der Waals surface area contributed by atoms with Crippen molar-refractivity contribution in [2.75, 3.05) is 13.1 Å². The van der Waals surface area contributed by atoms with Crippen molar-refractivity contribution in [1.82, 2.24) is 14.9 Å². The molecule has 3 aromatic rings. The van der Waals surface area contributed by atoms with Crippen LogP contribution < -0.4 is 0 Å². The number of aromatic nitrogens is 2. The average molecular weight is 305 g/mol. The van der Waals surface area contributed by atoms with Gasteiger partial charge in [0.2, 0.25) is 0 Å². The molecule has 3 heteroatoms. The van der Waals surface area contributed by atoms with Gasteiger partial charge < -0.3 is 4.98 Å². The number of nitrogens with zero attached hydrogens (tertiary/aromatic N) is 2. The molecule has 0 fully saturated rings. The number of aromatic amines is 1. The van der Waals surface area contributed by atoms with E-state index in [1.807, 2.05) is 18.5 Å². The SMILES string of the molecule is CCN(CC)Cc1ccc(/C=C/c2c[nH]c3ccccc23)nc1. The Labute approximate surface area is 137 Å². The smallest absolute Gasteiger partial charge is 0.0630 e. The standard InChI is InChI=1S/C20H23N3/c1-3-23(4-2)15-16-9-11-18(21-13-16)12-10-17-14-22-20-8-6-5-7-19(17)20/h5-14,22H,3-4,15H2,1-2H3/b12-10+. The summed E-state index contributed by atoms with van der Waals surface area (Å²) in [5, 5.41) is 1.24. The molecule has 0 bridgehead atoms. The Kier molecular flexibility index (Phi) is 4.89. The van der Waals surface area contributed by atoms with E-state index in [0.29, 0.717) is 0 Å². The van der Waals surface area contributed by atoms with Crippen molar-refractivity contribution in [3.05, 3.63) is 65.6 Å². The molecule has 1 N–H and O–H groups in total. The van der Waals surface area contributed by atoms with Gasteiger partial charge in [0.15, 0.2) is 0 Å². The highest BCUT2D eigenvalue weighted by Gasteiger charge is 2.02. The number of hydrogen-bond donors (Lipinski definition) is 1. The lowest BCUT2D eigenvalue weighted by molar-refractivity contribution is 0.295. The first kappa shape index (κ1) is 15.5. The predicted octanol–water partition coefficient (Wildman–Crippen LogP) is 4.58. The highest BCUT2D eigenvalue weighted by molar-refractivity contribution is 5.91. The van der Waals surface area contributed by atoms with Crippen LogP contribution >= 0.6 is 0 Å². The summed E-state index contributed by atoms with van der Waals surface area (Å²) in [4.78, 5) is 10.2. The molecule has 1 aromatic carbocycles. The molecule has 0 unspecified atom stereocenters. The zero-order valence-electron chi connectivity index (χ0n) is 13.8. The van der Waals surface area contributed by atoms with Crippen molar-refractivity contribution in [3.63, 3.8) is 0 Å². The van der Waals surface area contributed by atoms with E-state index in [2.05, 4.69) is 71.2 Å². The maximum atomic E-state index is 4.56. The third-order valence-corrected chi connectivity index (χ3v) is 4.20. The molecule has 0 aliphatic heterocycles. The summed E-state index contributed by atoms with van der Waals surface area (Å²) in [6.45, 7) is 7.48. The van der Waals surface area contributed by atoms with Crippen molar-refractivity contribution in [2.45, 2.75) is 20.4 Å². The molecule has 118 valence electrons. The van der Waals surface area contributed by atoms with Crippen LogP contribution in [0.5, 0.6) is 0 Å². The summed E-state index contributed by atoms with van der Waals surface area (Å²) >= 11 is 0. The van der Waals surface area contributed by atoms with Gasteiger partial charge in [-0.15, -0.1) is 0 Å². The van der Waals surface area contributed by atoms with Crippen molar-refractivity contribution < 1.29 is 0 Å². The largest absolute Gasteiger partial charge is 0.361 e. The molecule has 23 heavy (non-hydrogen) atoms. The first-order chi connectivity index (χ1) is 11.3. The Morgan fingerprint density at radius 1 is 1.04 bits per heavy atom. The molecule has 0 amide bonds. The number of pyridine rings is 1. The van der Waals surface area contributed by atoms with Gasteiger partial charge in [-0.05, 0) is 42.4 Å². The minimum absolute atomic E-state index is 0.965. The van der Waals surface area contributed by atoms with Gasteiger partial charge in [0.1, 0.15) is 0 Å². The summed E-state index contributed by atoms with van der Waals surface area (Å²) < 4.78 is 0. The average Bonchev–Trinajstić information content (AvgIpc) is 3.02. The zero-order valence-corrected chi connectivity index (χ0v) is 13.8. The van der Waals surface area contributed by atoms with Gasteiger partial charge in [0.05, 0.1) is 5.69 Å².